The number of nitrogens with zero attached hydrogens (tertiary/aromatic N) is 1. The molecule has 1 aromatic carbocycles. The van der Waals surface area contributed by atoms with Crippen LogP contribution in [0.3, 0.4) is 0 Å². The van der Waals surface area contributed by atoms with Crippen LogP contribution in [0.2, 0.25) is 0 Å². The molecule has 2 rings (SSSR count). The first-order chi connectivity index (χ1) is 8.58. The molecule has 2 unspecified atom stereocenters. The highest BCUT2D eigenvalue weighted by molar-refractivity contribution is 5.94. The van der Waals surface area contributed by atoms with E-state index < -0.39 is 0 Å². The lowest BCUT2D eigenvalue weighted by Gasteiger charge is -2.34. The van der Waals surface area contributed by atoms with Crippen LogP contribution in [0.25, 0.3) is 0 Å². The Morgan fingerprint density at radius 2 is 2.17 bits per heavy atom. The van der Waals surface area contributed by atoms with E-state index in [1.807, 2.05) is 11.9 Å². The van der Waals surface area contributed by atoms with Crippen molar-refractivity contribution in [3.63, 3.8) is 0 Å². The molecule has 1 fully saturated rings. The Morgan fingerprint density at radius 3 is 2.83 bits per heavy atom. The SMILES string of the molecule is CC1CCCC(N(C)C(=O)c2cccc(O)c2)C1. The monoisotopic (exact) mass is 247 g/mol. The number of amides is 1. The van der Waals surface area contributed by atoms with Gasteiger partial charge in [0.1, 0.15) is 5.75 Å². The average Bonchev–Trinajstić information content (AvgIpc) is 2.37. The van der Waals surface area contributed by atoms with E-state index in [4.69, 9.17) is 0 Å². The maximum atomic E-state index is 12.3. The maximum absolute atomic E-state index is 12.3. The topological polar surface area (TPSA) is 40.5 Å². The van der Waals surface area contributed by atoms with Crippen LogP contribution in [0, 0.1) is 5.92 Å². The van der Waals surface area contributed by atoms with Gasteiger partial charge in [0.2, 0.25) is 0 Å². The van der Waals surface area contributed by atoms with Gasteiger partial charge in [-0.15, -0.1) is 0 Å². The number of carbonyl (C=O) groups is 1. The average molecular weight is 247 g/mol. The van der Waals surface area contributed by atoms with Crippen molar-refractivity contribution in [2.75, 3.05) is 7.05 Å². The Labute approximate surface area is 108 Å². The summed E-state index contributed by atoms with van der Waals surface area (Å²) in [6.07, 6.45) is 4.64. The first kappa shape index (κ1) is 12.9. The molecular weight excluding hydrogens is 226 g/mol. The third kappa shape index (κ3) is 2.84. The van der Waals surface area contributed by atoms with Gasteiger partial charge in [0.25, 0.3) is 5.91 Å². The standard InChI is InChI=1S/C15H21NO2/c1-11-5-3-7-13(9-11)16(2)15(18)12-6-4-8-14(17)10-12/h4,6,8,10-11,13,17H,3,5,7,9H2,1-2H3. The Kier molecular flexibility index (Phi) is 3.90. The molecule has 0 aliphatic heterocycles. The molecule has 1 aliphatic rings. The van der Waals surface area contributed by atoms with E-state index in [0.717, 1.165) is 12.8 Å². The van der Waals surface area contributed by atoms with Crippen molar-refractivity contribution in [2.24, 2.45) is 5.92 Å². The van der Waals surface area contributed by atoms with Crippen LogP contribution < -0.4 is 0 Å². The second-order valence-electron chi connectivity index (χ2n) is 5.39. The van der Waals surface area contributed by atoms with Crippen LogP contribution in [0.1, 0.15) is 43.0 Å². The Hall–Kier alpha value is -1.51. The van der Waals surface area contributed by atoms with Crippen molar-refractivity contribution >= 4 is 5.91 Å². The molecule has 18 heavy (non-hydrogen) atoms. The number of hydrogen-bond donors (Lipinski definition) is 1. The van der Waals surface area contributed by atoms with Gasteiger partial charge < -0.3 is 10.0 Å². The molecule has 0 aromatic heterocycles. The molecule has 2 atom stereocenters. The van der Waals surface area contributed by atoms with Crippen LogP contribution in [-0.4, -0.2) is 29.0 Å². The number of rotatable bonds is 2. The summed E-state index contributed by atoms with van der Waals surface area (Å²) in [4.78, 5) is 14.2. The zero-order chi connectivity index (χ0) is 13.1. The van der Waals surface area contributed by atoms with E-state index in [2.05, 4.69) is 6.92 Å². The number of phenolic OH excluding ortho intramolecular Hbond substituents is 1. The summed E-state index contributed by atoms with van der Waals surface area (Å²) >= 11 is 0. The summed E-state index contributed by atoms with van der Waals surface area (Å²) in [6, 6.07) is 6.92. The van der Waals surface area contributed by atoms with Crippen LogP contribution in [0.15, 0.2) is 24.3 Å². The summed E-state index contributed by atoms with van der Waals surface area (Å²) in [5, 5.41) is 9.43. The molecule has 98 valence electrons. The van der Waals surface area contributed by atoms with Crippen LogP contribution in [0.5, 0.6) is 5.75 Å². The molecule has 0 saturated heterocycles. The van der Waals surface area contributed by atoms with Crippen LogP contribution in [-0.2, 0) is 0 Å². The number of hydrogen-bond acceptors (Lipinski definition) is 2. The number of carbonyl (C=O) groups excluding carboxylic acids is 1. The minimum atomic E-state index is 0.00463. The van der Waals surface area contributed by atoms with Crippen molar-refractivity contribution in [2.45, 2.75) is 38.6 Å². The number of phenols is 1. The quantitative estimate of drug-likeness (QED) is 0.872. The smallest absolute Gasteiger partial charge is 0.253 e. The predicted octanol–water partition coefficient (Wildman–Crippen LogP) is 3.04. The van der Waals surface area contributed by atoms with E-state index in [0.29, 0.717) is 17.5 Å². The van der Waals surface area contributed by atoms with Gasteiger partial charge in [0, 0.05) is 18.7 Å². The Morgan fingerprint density at radius 1 is 1.39 bits per heavy atom. The molecule has 1 aromatic rings. The summed E-state index contributed by atoms with van der Waals surface area (Å²) in [5.74, 6) is 0.847. The fourth-order valence-corrected chi connectivity index (χ4v) is 2.76. The molecule has 0 bridgehead atoms. The molecule has 1 amide bonds. The van der Waals surface area contributed by atoms with Gasteiger partial charge in [-0.2, -0.15) is 0 Å². The second kappa shape index (κ2) is 5.42. The van der Waals surface area contributed by atoms with Crippen molar-refractivity contribution in [3.8, 4) is 5.75 Å². The first-order valence-electron chi connectivity index (χ1n) is 6.64. The molecule has 1 aliphatic carbocycles. The lowest BCUT2D eigenvalue weighted by atomic mass is 9.86. The van der Waals surface area contributed by atoms with E-state index in [1.165, 1.54) is 18.9 Å². The van der Waals surface area contributed by atoms with Crippen molar-refractivity contribution in [3.05, 3.63) is 29.8 Å². The number of benzene rings is 1. The Balaban J connectivity index is 2.08. The molecule has 0 spiro atoms. The van der Waals surface area contributed by atoms with Crippen LogP contribution >= 0.6 is 0 Å². The molecule has 3 nitrogen and oxygen atoms in total. The molecule has 0 heterocycles. The van der Waals surface area contributed by atoms with E-state index in [-0.39, 0.29) is 11.7 Å². The van der Waals surface area contributed by atoms with Crippen molar-refractivity contribution in [1.82, 2.24) is 4.90 Å². The highest BCUT2D eigenvalue weighted by atomic mass is 16.3. The zero-order valence-corrected chi connectivity index (χ0v) is 11.1. The lowest BCUT2D eigenvalue weighted by molar-refractivity contribution is 0.0672. The molecule has 0 radical (unpaired) electrons. The molecular formula is C15H21NO2. The van der Waals surface area contributed by atoms with E-state index in [1.54, 1.807) is 18.2 Å². The van der Waals surface area contributed by atoms with E-state index in [9.17, 15) is 9.90 Å². The molecule has 1 N–H and O–H groups in total. The summed E-state index contributed by atoms with van der Waals surface area (Å²) in [6.45, 7) is 2.25. The van der Waals surface area contributed by atoms with Crippen LogP contribution in [0.4, 0.5) is 0 Å². The second-order valence-corrected chi connectivity index (χ2v) is 5.39. The zero-order valence-electron chi connectivity index (χ0n) is 11.1. The normalized spacial score (nSPS) is 23.7. The van der Waals surface area contributed by atoms with Crippen molar-refractivity contribution in [1.29, 1.82) is 0 Å². The summed E-state index contributed by atoms with van der Waals surface area (Å²) in [7, 11) is 1.87. The van der Waals surface area contributed by atoms with Gasteiger partial charge in [0.05, 0.1) is 0 Å². The third-order valence-electron chi connectivity index (χ3n) is 3.87. The minimum Gasteiger partial charge on any atom is -0.508 e. The third-order valence-corrected chi connectivity index (χ3v) is 3.87. The lowest BCUT2D eigenvalue weighted by Crippen LogP contribution is -2.39. The predicted molar refractivity (Wildman–Crippen MR) is 71.6 cm³/mol. The molecule has 3 heteroatoms. The van der Waals surface area contributed by atoms with Gasteiger partial charge in [0.15, 0.2) is 0 Å². The van der Waals surface area contributed by atoms with E-state index >= 15 is 0 Å². The highest BCUT2D eigenvalue weighted by Gasteiger charge is 2.26. The van der Waals surface area contributed by atoms with Crippen molar-refractivity contribution < 1.29 is 9.90 Å². The van der Waals surface area contributed by atoms with Gasteiger partial charge in [-0.1, -0.05) is 25.8 Å². The fraction of sp³-hybridized carbons (Fsp3) is 0.533. The minimum absolute atomic E-state index is 0.00463. The summed E-state index contributed by atoms with van der Waals surface area (Å²) < 4.78 is 0. The largest absolute Gasteiger partial charge is 0.508 e. The summed E-state index contributed by atoms with van der Waals surface area (Å²) in [5.41, 5.74) is 0.565. The Bertz CT molecular complexity index is 430. The first-order valence-corrected chi connectivity index (χ1v) is 6.64. The van der Waals surface area contributed by atoms with Gasteiger partial charge in [-0.25, -0.2) is 0 Å². The van der Waals surface area contributed by atoms with Gasteiger partial charge in [-0.05, 0) is 37.0 Å². The molecule has 1 saturated carbocycles. The highest BCUT2D eigenvalue weighted by Crippen LogP contribution is 2.27. The maximum Gasteiger partial charge on any atom is 0.253 e. The van der Waals surface area contributed by atoms with Gasteiger partial charge in [-0.3, -0.25) is 4.79 Å². The number of aromatic hydroxyl groups is 1. The fourth-order valence-electron chi connectivity index (χ4n) is 2.76. The van der Waals surface area contributed by atoms with Gasteiger partial charge >= 0.3 is 0 Å².